The smallest absolute Gasteiger partial charge is 0.237 e. The van der Waals surface area contributed by atoms with Crippen LogP contribution in [0.3, 0.4) is 0 Å². The first-order chi connectivity index (χ1) is 18.6. The molecule has 0 spiro atoms. The Labute approximate surface area is 239 Å². The van der Waals surface area contributed by atoms with E-state index in [9.17, 15) is 0 Å². The second-order valence-corrected chi connectivity index (χ2v) is 14.2. The number of fused-ring (bicyclic) bond motifs is 4. The molecule has 2 atom stereocenters. The van der Waals surface area contributed by atoms with E-state index in [4.69, 9.17) is 14.7 Å². The monoisotopic (exact) mass is 543 g/mol. The van der Waals surface area contributed by atoms with Crippen molar-refractivity contribution in [3.63, 3.8) is 0 Å². The average molecular weight is 544 g/mol. The van der Waals surface area contributed by atoms with Gasteiger partial charge in [0.2, 0.25) is 11.8 Å². The molecule has 1 aromatic heterocycles. The van der Waals surface area contributed by atoms with E-state index in [1.807, 2.05) is 0 Å². The average Bonchev–Trinajstić information content (AvgIpc) is 2.85. The molecule has 1 N–H and O–H groups in total. The number of ether oxygens (including phenoxy) is 1. The summed E-state index contributed by atoms with van der Waals surface area (Å²) >= 11 is 1.59. The van der Waals surface area contributed by atoms with Gasteiger partial charge in [-0.2, -0.15) is 4.98 Å². The molecule has 1 aliphatic carbocycles. The molecular formula is C34H45N3OS. The number of nitrogens with one attached hydrogen (secondary N) is 1. The van der Waals surface area contributed by atoms with Crippen LogP contribution in [0.4, 0.5) is 5.95 Å². The molecule has 4 bridgehead atoms. The van der Waals surface area contributed by atoms with E-state index in [0.717, 1.165) is 29.5 Å². The Kier molecular flexibility index (Phi) is 8.28. The van der Waals surface area contributed by atoms with E-state index in [-0.39, 0.29) is 5.41 Å². The van der Waals surface area contributed by atoms with Crippen molar-refractivity contribution in [3.05, 3.63) is 64.7 Å². The Hall–Kier alpha value is -2.53. The van der Waals surface area contributed by atoms with Gasteiger partial charge >= 0.3 is 0 Å². The summed E-state index contributed by atoms with van der Waals surface area (Å²) < 4.78 is 10.2. The molecule has 0 amide bonds. The van der Waals surface area contributed by atoms with Crippen molar-refractivity contribution >= 4 is 17.9 Å². The first kappa shape index (κ1) is 28.0. The molecule has 4 nitrogen and oxygen atoms in total. The molecule has 2 unspecified atom stereocenters. The summed E-state index contributed by atoms with van der Waals surface area (Å²) in [6.07, 6.45) is 6.40. The van der Waals surface area contributed by atoms with E-state index < -0.39 is 0 Å². The lowest BCUT2D eigenvalue weighted by molar-refractivity contribution is 0.145. The van der Waals surface area contributed by atoms with Gasteiger partial charge in [-0.25, -0.2) is 4.98 Å². The van der Waals surface area contributed by atoms with Crippen molar-refractivity contribution in [2.45, 2.75) is 91.4 Å². The highest BCUT2D eigenvalue weighted by Crippen LogP contribution is 2.44. The Bertz CT molecular complexity index is 1290. The van der Waals surface area contributed by atoms with Crippen LogP contribution < -0.4 is 9.46 Å². The minimum atomic E-state index is 0.206. The van der Waals surface area contributed by atoms with Crippen LogP contribution in [0, 0.1) is 43.9 Å². The van der Waals surface area contributed by atoms with Crippen LogP contribution >= 0.6 is 11.9 Å². The zero-order valence-electron chi connectivity index (χ0n) is 24.8. The first-order valence-corrected chi connectivity index (χ1v) is 15.5. The number of nitrogens with zero attached hydrogens (tertiary/aromatic N) is 2. The lowest BCUT2D eigenvalue weighted by Crippen LogP contribution is -2.28. The summed E-state index contributed by atoms with van der Waals surface area (Å²) in [5, 5.41) is 0. The van der Waals surface area contributed by atoms with E-state index in [2.05, 4.69) is 95.7 Å². The van der Waals surface area contributed by atoms with Gasteiger partial charge in [-0.05, 0) is 117 Å². The Morgan fingerprint density at radius 3 is 2.38 bits per heavy atom. The van der Waals surface area contributed by atoms with Gasteiger partial charge in [-0.1, -0.05) is 58.0 Å². The quantitative estimate of drug-likeness (QED) is 0.325. The fourth-order valence-corrected chi connectivity index (χ4v) is 7.35. The number of benzene rings is 2. The van der Waals surface area contributed by atoms with Crippen LogP contribution in [0.15, 0.2) is 47.4 Å². The van der Waals surface area contributed by atoms with Crippen LogP contribution in [0.1, 0.15) is 88.0 Å². The van der Waals surface area contributed by atoms with E-state index in [1.54, 1.807) is 11.9 Å². The largest absolute Gasteiger partial charge is 0.477 e. The molecule has 2 aromatic carbocycles. The molecule has 1 aliphatic heterocycles. The van der Waals surface area contributed by atoms with Crippen molar-refractivity contribution in [2.75, 3.05) is 11.3 Å². The van der Waals surface area contributed by atoms with Crippen molar-refractivity contribution in [3.8, 4) is 17.1 Å². The second kappa shape index (κ2) is 11.5. The van der Waals surface area contributed by atoms with Gasteiger partial charge < -0.3 is 4.74 Å². The standard InChI is InChI=1S/C34H45N3OS/c1-21-16-25(17-21)14-15-29-26-12-9-13-28(18-26)39-37-33-35-31(30-22(2)10-8-11-23(30)3)24(4)32(36-33)38-20-27(29)19-34(5,6)7/h8-13,18,21,25,27,29H,14-17,19-20H2,1-7H3,(H,35,36,37). The van der Waals surface area contributed by atoms with Crippen molar-refractivity contribution < 1.29 is 4.74 Å². The summed E-state index contributed by atoms with van der Waals surface area (Å²) in [7, 11) is 0. The summed E-state index contributed by atoms with van der Waals surface area (Å²) in [5.74, 6) is 3.92. The zero-order chi connectivity index (χ0) is 27.7. The van der Waals surface area contributed by atoms with Gasteiger partial charge in [0.1, 0.15) is 0 Å². The zero-order valence-corrected chi connectivity index (χ0v) is 25.6. The molecule has 2 heterocycles. The molecule has 2 aliphatic rings. The van der Waals surface area contributed by atoms with Gasteiger partial charge in [0.15, 0.2) is 0 Å². The number of rotatable bonds is 5. The van der Waals surface area contributed by atoms with E-state index >= 15 is 0 Å². The number of anilines is 1. The van der Waals surface area contributed by atoms with Gasteiger partial charge in [-0.15, -0.1) is 0 Å². The van der Waals surface area contributed by atoms with Crippen molar-refractivity contribution in [1.29, 1.82) is 0 Å². The van der Waals surface area contributed by atoms with Gasteiger partial charge in [-0.3, -0.25) is 4.72 Å². The van der Waals surface area contributed by atoms with Crippen LogP contribution in [0.5, 0.6) is 5.88 Å². The normalized spacial score (nSPS) is 23.1. The molecule has 0 radical (unpaired) electrons. The van der Waals surface area contributed by atoms with E-state index in [0.29, 0.717) is 30.3 Å². The molecule has 39 heavy (non-hydrogen) atoms. The highest BCUT2D eigenvalue weighted by atomic mass is 32.2. The second-order valence-electron chi connectivity index (χ2n) is 13.3. The molecule has 1 fully saturated rings. The predicted molar refractivity (Wildman–Crippen MR) is 165 cm³/mol. The summed E-state index contributed by atoms with van der Waals surface area (Å²) in [6, 6.07) is 15.5. The SMILES string of the molecule is Cc1cccc(C)c1-c1nc2nc(c1C)OCC(CC(C)(C)C)C(CCC1CC(C)C1)c1cccc(c1)SN2. The maximum absolute atomic E-state index is 6.72. The molecule has 208 valence electrons. The van der Waals surface area contributed by atoms with Gasteiger partial charge in [0, 0.05) is 21.9 Å². The Morgan fingerprint density at radius 1 is 0.974 bits per heavy atom. The number of aryl methyl sites for hydroxylation is 2. The Morgan fingerprint density at radius 2 is 1.69 bits per heavy atom. The fraction of sp³-hybridized carbons (Fsp3) is 0.529. The lowest BCUT2D eigenvalue weighted by atomic mass is 9.70. The summed E-state index contributed by atoms with van der Waals surface area (Å²) in [4.78, 5) is 11.1. The summed E-state index contributed by atoms with van der Waals surface area (Å²) in [5.41, 5.74) is 7.20. The summed E-state index contributed by atoms with van der Waals surface area (Å²) in [6.45, 7) is 16.5. The predicted octanol–water partition coefficient (Wildman–Crippen LogP) is 9.54. The van der Waals surface area contributed by atoms with E-state index in [1.165, 1.54) is 52.8 Å². The van der Waals surface area contributed by atoms with Crippen molar-refractivity contribution in [1.82, 2.24) is 9.97 Å². The fourth-order valence-electron chi connectivity index (χ4n) is 6.71. The number of hydrogen-bond acceptors (Lipinski definition) is 5. The number of aromatic nitrogens is 2. The van der Waals surface area contributed by atoms with Crippen molar-refractivity contribution in [2.24, 2.45) is 23.2 Å². The third-order valence-electron chi connectivity index (χ3n) is 8.60. The topological polar surface area (TPSA) is 47.0 Å². The van der Waals surface area contributed by atoms with Crippen LogP contribution in [0.25, 0.3) is 11.3 Å². The third-order valence-corrected chi connectivity index (χ3v) is 9.37. The van der Waals surface area contributed by atoms with Crippen LogP contribution in [0.2, 0.25) is 0 Å². The van der Waals surface area contributed by atoms with Crippen LogP contribution in [-0.2, 0) is 0 Å². The Balaban J connectivity index is 1.55. The lowest BCUT2D eigenvalue weighted by Gasteiger charge is -2.37. The highest BCUT2D eigenvalue weighted by Gasteiger charge is 2.32. The first-order valence-electron chi connectivity index (χ1n) is 14.7. The third kappa shape index (κ3) is 6.62. The maximum Gasteiger partial charge on any atom is 0.237 e. The van der Waals surface area contributed by atoms with Gasteiger partial charge in [0.25, 0.3) is 0 Å². The molecule has 5 heteroatoms. The number of hydrogen-bond donors (Lipinski definition) is 1. The minimum Gasteiger partial charge on any atom is -0.477 e. The molecule has 5 rings (SSSR count). The minimum absolute atomic E-state index is 0.206. The van der Waals surface area contributed by atoms with Crippen LogP contribution in [-0.4, -0.2) is 16.6 Å². The molecule has 1 saturated carbocycles. The highest BCUT2D eigenvalue weighted by molar-refractivity contribution is 8.00. The maximum atomic E-state index is 6.72. The molecule has 3 aromatic rings. The molecular weight excluding hydrogens is 498 g/mol. The van der Waals surface area contributed by atoms with Gasteiger partial charge in [0.05, 0.1) is 12.3 Å². The molecule has 0 saturated heterocycles.